The summed E-state index contributed by atoms with van der Waals surface area (Å²) < 4.78 is 34.4. The zero-order valence-corrected chi connectivity index (χ0v) is 16.3. The number of alkyl halides is 2. The van der Waals surface area contributed by atoms with E-state index in [1.165, 1.54) is 19.3 Å². The fourth-order valence-corrected chi connectivity index (χ4v) is 3.43. The number of benzene rings is 2. The lowest BCUT2D eigenvalue weighted by Crippen LogP contribution is -2.26. The first-order valence-electron chi connectivity index (χ1n) is 9.26. The number of imidazole rings is 1. The Balaban J connectivity index is 1.59. The Bertz CT molecular complexity index is 1310. The van der Waals surface area contributed by atoms with Gasteiger partial charge in [-0.05, 0) is 37.6 Å². The van der Waals surface area contributed by atoms with E-state index in [2.05, 4.69) is 9.97 Å². The third kappa shape index (κ3) is 3.42. The van der Waals surface area contributed by atoms with Gasteiger partial charge in [-0.3, -0.25) is 18.7 Å². The summed E-state index contributed by atoms with van der Waals surface area (Å²) in [6.07, 6.45) is 0.239. The molecule has 7 nitrogen and oxygen atoms in total. The van der Waals surface area contributed by atoms with Crippen molar-refractivity contribution in [1.29, 1.82) is 0 Å². The maximum atomic E-state index is 13.6. The summed E-state index contributed by atoms with van der Waals surface area (Å²) >= 11 is 0. The molecule has 4 rings (SSSR count). The molecular weight excluding hydrogens is 394 g/mol. The molecule has 0 amide bonds. The van der Waals surface area contributed by atoms with Gasteiger partial charge >= 0.3 is 12.5 Å². The molecule has 0 N–H and O–H groups in total. The molecule has 0 bridgehead atoms. The Labute approximate surface area is 169 Å². The summed E-state index contributed by atoms with van der Waals surface area (Å²) in [6, 6.07) is 11.7. The lowest BCUT2D eigenvalue weighted by Gasteiger charge is -2.15. The molecule has 0 saturated carbocycles. The van der Waals surface area contributed by atoms with Crippen molar-refractivity contribution in [2.24, 2.45) is 0 Å². The van der Waals surface area contributed by atoms with Crippen molar-refractivity contribution in [3.63, 3.8) is 0 Å². The zero-order valence-electron chi connectivity index (χ0n) is 16.3. The van der Waals surface area contributed by atoms with Crippen LogP contribution in [0.1, 0.15) is 31.0 Å². The lowest BCUT2D eigenvalue weighted by atomic mass is 10.1. The third-order valence-corrected chi connectivity index (χ3v) is 4.84. The standard InChI is InChI=1S/C21H18F2N4O3/c1-12-6-5-7-14-18(12)24-11-26(20(14)29)10-17(28)30-13(2)19-25-15-8-3-4-9-16(15)27(19)21(22)23/h3-9,11,13,21H,10H2,1-2H3. The van der Waals surface area contributed by atoms with Gasteiger partial charge < -0.3 is 4.74 Å². The van der Waals surface area contributed by atoms with Gasteiger partial charge in [-0.1, -0.05) is 24.3 Å². The van der Waals surface area contributed by atoms with Crippen LogP contribution in [0, 0.1) is 6.92 Å². The lowest BCUT2D eigenvalue weighted by molar-refractivity contribution is -0.150. The predicted octanol–water partition coefficient (Wildman–Crippen LogP) is 3.75. The molecule has 1 atom stereocenters. The van der Waals surface area contributed by atoms with Crippen LogP contribution in [0.2, 0.25) is 0 Å². The number of hydrogen-bond acceptors (Lipinski definition) is 5. The maximum absolute atomic E-state index is 13.6. The van der Waals surface area contributed by atoms with Crippen LogP contribution in [0.4, 0.5) is 8.78 Å². The molecule has 30 heavy (non-hydrogen) atoms. The van der Waals surface area contributed by atoms with Gasteiger partial charge in [0.2, 0.25) is 0 Å². The molecule has 0 spiro atoms. The molecule has 154 valence electrons. The first-order chi connectivity index (χ1) is 14.4. The minimum absolute atomic E-state index is 0.0702. The number of aryl methyl sites for hydroxylation is 1. The number of carbonyl (C=O) groups is 1. The molecule has 0 aliphatic rings. The number of halogens is 2. The quantitative estimate of drug-likeness (QED) is 0.467. The number of nitrogens with zero attached hydrogens (tertiary/aromatic N) is 4. The first-order valence-corrected chi connectivity index (χ1v) is 9.26. The zero-order chi connectivity index (χ0) is 21.4. The summed E-state index contributed by atoms with van der Waals surface area (Å²) in [7, 11) is 0. The molecule has 0 aliphatic carbocycles. The molecular formula is C21H18F2N4O3. The first kappa shape index (κ1) is 19.7. The van der Waals surface area contributed by atoms with Gasteiger partial charge in [0.05, 0.1) is 28.3 Å². The summed E-state index contributed by atoms with van der Waals surface area (Å²) in [6.45, 7) is 0.0612. The summed E-state index contributed by atoms with van der Waals surface area (Å²) in [5.74, 6) is -0.828. The third-order valence-electron chi connectivity index (χ3n) is 4.84. The average Bonchev–Trinajstić information content (AvgIpc) is 3.10. The summed E-state index contributed by atoms with van der Waals surface area (Å²) in [4.78, 5) is 33.5. The number of para-hydroxylation sites is 3. The minimum atomic E-state index is -2.84. The van der Waals surface area contributed by atoms with Crippen LogP contribution in [-0.2, 0) is 16.1 Å². The van der Waals surface area contributed by atoms with E-state index in [9.17, 15) is 18.4 Å². The van der Waals surface area contributed by atoms with Crippen LogP contribution in [0.15, 0.2) is 53.6 Å². The predicted molar refractivity (Wildman–Crippen MR) is 106 cm³/mol. The number of esters is 1. The number of hydrogen-bond donors (Lipinski definition) is 0. The van der Waals surface area contributed by atoms with Crippen LogP contribution in [0.3, 0.4) is 0 Å². The van der Waals surface area contributed by atoms with Crippen molar-refractivity contribution in [3.8, 4) is 0 Å². The maximum Gasteiger partial charge on any atom is 0.326 e. The molecule has 0 radical (unpaired) electrons. The highest BCUT2D eigenvalue weighted by Gasteiger charge is 2.24. The molecule has 4 aromatic rings. The van der Waals surface area contributed by atoms with E-state index in [-0.39, 0.29) is 16.9 Å². The monoisotopic (exact) mass is 412 g/mol. The van der Waals surface area contributed by atoms with Crippen molar-refractivity contribution >= 4 is 27.9 Å². The average molecular weight is 412 g/mol. The highest BCUT2D eigenvalue weighted by atomic mass is 19.3. The second kappa shape index (κ2) is 7.66. The fourth-order valence-electron chi connectivity index (χ4n) is 3.43. The minimum Gasteiger partial charge on any atom is -0.453 e. The Morgan fingerprint density at radius 1 is 1.17 bits per heavy atom. The van der Waals surface area contributed by atoms with Crippen LogP contribution in [0.5, 0.6) is 0 Å². The fraction of sp³-hybridized carbons (Fsp3) is 0.238. The van der Waals surface area contributed by atoms with Crippen LogP contribution in [-0.4, -0.2) is 25.1 Å². The smallest absolute Gasteiger partial charge is 0.326 e. The number of aromatic nitrogens is 4. The van der Waals surface area contributed by atoms with Crippen LogP contribution in [0.25, 0.3) is 21.9 Å². The van der Waals surface area contributed by atoms with E-state index >= 15 is 0 Å². The Kier molecular flexibility index (Phi) is 5.03. The Morgan fingerprint density at radius 2 is 1.93 bits per heavy atom. The summed E-state index contributed by atoms with van der Waals surface area (Å²) in [5.41, 5.74) is 1.65. The van der Waals surface area contributed by atoms with Gasteiger partial charge in [-0.2, -0.15) is 8.78 Å². The van der Waals surface area contributed by atoms with Crippen molar-refractivity contribution in [2.75, 3.05) is 0 Å². The van der Waals surface area contributed by atoms with Crippen LogP contribution < -0.4 is 5.56 Å². The van der Waals surface area contributed by atoms with Crippen molar-refractivity contribution in [3.05, 3.63) is 70.5 Å². The van der Waals surface area contributed by atoms with Gasteiger partial charge in [-0.25, -0.2) is 9.97 Å². The van der Waals surface area contributed by atoms with Gasteiger partial charge in [0.25, 0.3) is 5.56 Å². The molecule has 1 unspecified atom stereocenters. The highest BCUT2D eigenvalue weighted by molar-refractivity contribution is 5.81. The van der Waals surface area contributed by atoms with E-state index < -0.39 is 25.2 Å². The van der Waals surface area contributed by atoms with Crippen LogP contribution >= 0.6 is 0 Å². The van der Waals surface area contributed by atoms with Gasteiger partial charge in [0.1, 0.15) is 6.54 Å². The van der Waals surface area contributed by atoms with Crippen molar-refractivity contribution in [2.45, 2.75) is 33.0 Å². The molecule has 2 aromatic carbocycles. The molecule has 2 heterocycles. The van der Waals surface area contributed by atoms with E-state index in [0.29, 0.717) is 16.4 Å². The molecule has 0 aliphatic heterocycles. The van der Waals surface area contributed by atoms with E-state index in [1.54, 1.807) is 30.3 Å². The second-order valence-corrected chi connectivity index (χ2v) is 6.89. The summed E-state index contributed by atoms with van der Waals surface area (Å²) in [5, 5.41) is 0.387. The van der Waals surface area contributed by atoms with Crippen molar-refractivity contribution in [1.82, 2.24) is 19.1 Å². The van der Waals surface area contributed by atoms with E-state index in [1.807, 2.05) is 13.0 Å². The van der Waals surface area contributed by atoms with Gasteiger partial charge in [-0.15, -0.1) is 0 Å². The van der Waals surface area contributed by atoms with Gasteiger partial charge in [0, 0.05) is 0 Å². The van der Waals surface area contributed by atoms with E-state index in [0.717, 1.165) is 14.7 Å². The number of fused-ring (bicyclic) bond motifs is 2. The Hall–Kier alpha value is -3.62. The SMILES string of the molecule is Cc1cccc2c(=O)n(CC(=O)OC(C)c3nc4ccccc4n3C(F)F)cnc12. The molecule has 0 fully saturated rings. The number of rotatable bonds is 5. The Morgan fingerprint density at radius 3 is 2.70 bits per heavy atom. The highest BCUT2D eigenvalue weighted by Crippen LogP contribution is 2.28. The topological polar surface area (TPSA) is 79.0 Å². The largest absolute Gasteiger partial charge is 0.453 e. The number of carbonyl (C=O) groups excluding carboxylic acids is 1. The molecule has 0 saturated heterocycles. The molecule has 2 aromatic heterocycles. The van der Waals surface area contributed by atoms with Crippen molar-refractivity contribution < 1.29 is 18.3 Å². The van der Waals surface area contributed by atoms with Gasteiger partial charge in [0.15, 0.2) is 11.9 Å². The molecule has 9 heteroatoms. The number of ether oxygens (including phenoxy) is 1. The normalized spacial score (nSPS) is 12.6. The second-order valence-electron chi connectivity index (χ2n) is 6.89. The van der Waals surface area contributed by atoms with E-state index in [4.69, 9.17) is 4.74 Å².